The molecule has 0 aromatic carbocycles. The summed E-state index contributed by atoms with van der Waals surface area (Å²) in [7, 11) is 0. The molecular formula is C12H24O3. The number of carboxylic acids is 1. The van der Waals surface area contributed by atoms with Crippen molar-refractivity contribution in [1.82, 2.24) is 0 Å². The van der Waals surface area contributed by atoms with E-state index in [2.05, 4.69) is 0 Å². The second-order valence-corrected chi connectivity index (χ2v) is 5.97. The minimum Gasteiger partial charge on any atom is -0.481 e. The Kier molecular flexibility index (Phi) is 4.35. The first-order chi connectivity index (χ1) is 6.48. The van der Waals surface area contributed by atoms with Gasteiger partial charge in [-0.05, 0) is 24.7 Å². The average molecular weight is 216 g/mol. The van der Waals surface area contributed by atoms with Gasteiger partial charge in [-0.25, -0.2) is 0 Å². The Balaban J connectivity index is 4.79. The van der Waals surface area contributed by atoms with Gasteiger partial charge in [-0.2, -0.15) is 0 Å². The summed E-state index contributed by atoms with van der Waals surface area (Å²) in [5, 5.41) is 19.3. The standard InChI is InChI=1S/C12H24O3/c1-8(2)12(6,15)7-9(10(13)14)11(3,4)5/h8-9,15H,7H2,1-6H3,(H,13,14). The van der Waals surface area contributed by atoms with Gasteiger partial charge in [-0.3, -0.25) is 4.79 Å². The van der Waals surface area contributed by atoms with Crippen molar-refractivity contribution in [3.8, 4) is 0 Å². The van der Waals surface area contributed by atoms with Crippen LogP contribution < -0.4 is 0 Å². The Labute approximate surface area is 92.5 Å². The summed E-state index contributed by atoms with van der Waals surface area (Å²) in [4.78, 5) is 11.1. The number of aliphatic hydroxyl groups is 1. The van der Waals surface area contributed by atoms with Crippen LogP contribution >= 0.6 is 0 Å². The van der Waals surface area contributed by atoms with Crippen LogP contribution in [0.15, 0.2) is 0 Å². The Morgan fingerprint density at radius 3 is 1.80 bits per heavy atom. The van der Waals surface area contributed by atoms with E-state index in [-0.39, 0.29) is 11.3 Å². The first-order valence-corrected chi connectivity index (χ1v) is 5.43. The highest BCUT2D eigenvalue weighted by atomic mass is 16.4. The molecule has 3 nitrogen and oxygen atoms in total. The molecule has 0 aliphatic rings. The first kappa shape index (κ1) is 14.4. The minimum absolute atomic E-state index is 0.0571. The van der Waals surface area contributed by atoms with Crippen molar-refractivity contribution in [3.05, 3.63) is 0 Å². The summed E-state index contributed by atoms with van der Waals surface area (Å²) < 4.78 is 0. The summed E-state index contributed by atoms with van der Waals surface area (Å²) in [6, 6.07) is 0. The van der Waals surface area contributed by atoms with E-state index in [0.29, 0.717) is 6.42 Å². The molecule has 2 unspecified atom stereocenters. The smallest absolute Gasteiger partial charge is 0.307 e. The van der Waals surface area contributed by atoms with Gasteiger partial charge >= 0.3 is 5.97 Å². The van der Waals surface area contributed by atoms with Gasteiger partial charge in [-0.1, -0.05) is 34.6 Å². The number of aliphatic carboxylic acids is 1. The van der Waals surface area contributed by atoms with Gasteiger partial charge < -0.3 is 10.2 Å². The van der Waals surface area contributed by atoms with Gasteiger partial charge in [0.15, 0.2) is 0 Å². The molecule has 90 valence electrons. The van der Waals surface area contributed by atoms with Crippen LogP contribution in [0.3, 0.4) is 0 Å². The van der Waals surface area contributed by atoms with Crippen LogP contribution in [0.2, 0.25) is 0 Å². The lowest BCUT2D eigenvalue weighted by Gasteiger charge is -2.35. The number of hydrogen-bond donors (Lipinski definition) is 2. The molecule has 0 heterocycles. The van der Waals surface area contributed by atoms with E-state index in [1.165, 1.54) is 0 Å². The molecule has 2 atom stereocenters. The summed E-state index contributed by atoms with van der Waals surface area (Å²) >= 11 is 0. The van der Waals surface area contributed by atoms with Crippen LogP contribution in [0, 0.1) is 17.3 Å². The second kappa shape index (κ2) is 4.52. The molecule has 0 saturated heterocycles. The fourth-order valence-electron chi connectivity index (χ4n) is 1.41. The van der Waals surface area contributed by atoms with Gasteiger partial charge in [-0.15, -0.1) is 0 Å². The third kappa shape index (κ3) is 4.20. The highest BCUT2D eigenvalue weighted by Gasteiger charge is 2.38. The quantitative estimate of drug-likeness (QED) is 0.759. The molecule has 0 bridgehead atoms. The minimum atomic E-state index is -0.920. The van der Waals surface area contributed by atoms with E-state index >= 15 is 0 Å². The van der Waals surface area contributed by atoms with Crippen molar-refractivity contribution in [2.24, 2.45) is 17.3 Å². The fourth-order valence-corrected chi connectivity index (χ4v) is 1.41. The third-order valence-electron chi connectivity index (χ3n) is 3.20. The molecule has 0 fully saturated rings. The predicted octanol–water partition coefficient (Wildman–Crippen LogP) is 2.53. The summed E-state index contributed by atoms with van der Waals surface area (Å²) in [6.45, 7) is 11.2. The Morgan fingerprint density at radius 1 is 1.20 bits per heavy atom. The summed E-state index contributed by atoms with van der Waals surface area (Å²) in [5.74, 6) is -1.29. The molecule has 2 N–H and O–H groups in total. The lowest BCUT2D eigenvalue weighted by Crippen LogP contribution is -2.40. The van der Waals surface area contributed by atoms with Crippen LogP contribution in [0.5, 0.6) is 0 Å². The zero-order valence-electron chi connectivity index (χ0n) is 10.7. The van der Waals surface area contributed by atoms with Crippen molar-refractivity contribution < 1.29 is 15.0 Å². The number of rotatable bonds is 4. The molecule has 15 heavy (non-hydrogen) atoms. The van der Waals surface area contributed by atoms with Crippen LogP contribution in [0.4, 0.5) is 0 Å². The molecule has 0 aromatic heterocycles. The second-order valence-electron chi connectivity index (χ2n) is 5.97. The predicted molar refractivity (Wildman–Crippen MR) is 60.7 cm³/mol. The normalized spacial score (nSPS) is 18.7. The molecular weight excluding hydrogens is 192 g/mol. The fraction of sp³-hybridized carbons (Fsp3) is 0.917. The number of carboxylic acid groups (broad SMARTS) is 1. The highest BCUT2D eigenvalue weighted by molar-refractivity contribution is 5.71. The van der Waals surface area contributed by atoms with Gasteiger partial charge in [0.05, 0.1) is 11.5 Å². The largest absolute Gasteiger partial charge is 0.481 e. The van der Waals surface area contributed by atoms with Crippen LogP contribution in [0.25, 0.3) is 0 Å². The van der Waals surface area contributed by atoms with Crippen LogP contribution in [-0.4, -0.2) is 21.8 Å². The Morgan fingerprint density at radius 2 is 1.60 bits per heavy atom. The molecule has 0 aromatic rings. The molecule has 0 spiro atoms. The van der Waals surface area contributed by atoms with Gasteiger partial charge in [0, 0.05) is 0 Å². The van der Waals surface area contributed by atoms with Gasteiger partial charge in [0.25, 0.3) is 0 Å². The summed E-state index contributed by atoms with van der Waals surface area (Å²) in [6.07, 6.45) is 0.295. The average Bonchev–Trinajstić information content (AvgIpc) is 1.97. The Bertz CT molecular complexity index is 224. The molecule has 0 radical (unpaired) electrons. The maximum Gasteiger partial charge on any atom is 0.307 e. The molecule has 0 aliphatic carbocycles. The van der Waals surface area contributed by atoms with E-state index in [0.717, 1.165) is 0 Å². The monoisotopic (exact) mass is 216 g/mol. The molecule has 0 rings (SSSR count). The van der Waals surface area contributed by atoms with Crippen LogP contribution in [-0.2, 0) is 4.79 Å². The van der Waals surface area contributed by atoms with E-state index < -0.39 is 17.5 Å². The van der Waals surface area contributed by atoms with Crippen LogP contribution in [0.1, 0.15) is 48.0 Å². The first-order valence-electron chi connectivity index (χ1n) is 5.43. The van der Waals surface area contributed by atoms with Crippen molar-refractivity contribution in [2.75, 3.05) is 0 Å². The topological polar surface area (TPSA) is 57.5 Å². The van der Waals surface area contributed by atoms with Gasteiger partial charge in [0.1, 0.15) is 0 Å². The lowest BCUT2D eigenvalue weighted by molar-refractivity contribution is -0.149. The SMILES string of the molecule is CC(C)C(C)(O)CC(C(=O)O)C(C)(C)C. The van der Waals surface area contributed by atoms with E-state index in [1.807, 2.05) is 34.6 Å². The van der Waals surface area contributed by atoms with E-state index in [1.54, 1.807) is 6.92 Å². The Hall–Kier alpha value is -0.570. The maximum atomic E-state index is 11.1. The third-order valence-corrected chi connectivity index (χ3v) is 3.20. The number of hydrogen-bond acceptors (Lipinski definition) is 2. The zero-order chi connectivity index (χ0) is 12.4. The molecule has 3 heteroatoms. The highest BCUT2D eigenvalue weighted by Crippen LogP contribution is 2.35. The number of carbonyl (C=O) groups is 1. The maximum absolute atomic E-state index is 11.1. The van der Waals surface area contributed by atoms with Crippen molar-refractivity contribution in [1.29, 1.82) is 0 Å². The van der Waals surface area contributed by atoms with E-state index in [9.17, 15) is 9.90 Å². The van der Waals surface area contributed by atoms with Crippen molar-refractivity contribution in [2.45, 2.75) is 53.6 Å². The molecule has 0 aliphatic heterocycles. The van der Waals surface area contributed by atoms with Crippen molar-refractivity contribution >= 4 is 5.97 Å². The molecule has 0 amide bonds. The van der Waals surface area contributed by atoms with Crippen molar-refractivity contribution in [3.63, 3.8) is 0 Å². The summed E-state index contributed by atoms with van der Waals surface area (Å²) in [5.41, 5.74) is -1.25. The molecule has 0 saturated carbocycles. The zero-order valence-corrected chi connectivity index (χ0v) is 10.7. The van der Waals surface area contributed by atoms with E-state index in [4.69, 9.17) is 5.11 Å². The lowest BCUT2D eigenvalue weighted by atomic mass is 9.72. The van der Waals surface area contributed by atoms with Gasteiger partial charge in [0.2, 0.25) is 0 Å².